The zero-order valence-electron chi connectivity index (χ0n) is 18.5. The van der Waals surface area contributed by atoms with Crippen LogP contribution in [-0.4, -0.2) is 53.2 Å². The molecule has 1 atom stereocenters. The Morgan fingerprint density at radius 3 is 2.75 bits per heavy atom. The van der Waals surface area contributed by atoms with Gasteiger partial charge in [0, 0.05) is 30.9 Å². The van der Waals surface area contributed by atoms with E-state index in [0.717, 1.165) is 31.6 Å². The largest absolute Gasteiger partial charge is 0.356 e. The molecule has 1 fully saturated rings. The summed E-state index contributed by atoms with van der Waals surface area (Å²) in [5.41, 5.74) is 1.15. The van der Waals surface area contributed by atoms with Crippen LogP contribution in [0, 0.1) is 5.92 Å². The highest BCUT2D eigenvalue weighted by Gasteiger charge is 2.26. The number of Topliss-reactive ketones (excluding diaryl/α,β-unsaturated/α-hetero) is 1. The van der Waals surface area contributed by atoms with Gasteiger partial charge in [0.2, 0.25) is 11.8 Å². The van der Waals surface area contributed by atoms with Crippen molar-refractivity contribution in [3.8, 4) is 0 Å². The van der Waals surface area contributed by atoms with Gasteiger partial charge in [0.05, 0.1) is 11.7 Å². The molecule has 0 aliphatic carbocycles. The Labute approximate surface area is 192 Å². The summed E-state index contributed by atoms with van der Waals surface area (Å²) in [7, 11) is 0. The van der Waals surface area contributed by atoms with Crippen molar-refractivity contribution in [1.82, 2.24) is 15.5 Å². The quantitative estimate of drug-likeness (QED) is 0.442. The highest BCUT2D eigenvalue weighted by molar-refractivity contribution is 7.99. The van der Waals surface area contributed by atoms with Gasteiger partial charge in [-0.2, -0.15) is 0 Å². The lowest BCUT2D eigenvalue weighted by molar-refractivity contribution is -0.125. The number of piperidine rings is 1. The van der Waals surface area contributed by atoms with Crippen molar-refractivity contribution < 1.29 is 14.4 Å². The second-order valence-electron chi connectivity index (χ2n) is 7.78. The molecule has 1 saturated heterocycles. The second kappa shape index (κ2) is 11.6. The molecular formula is C23H29N5O3S. The Hall–Kier alpha value is -2.94. The van der Waals surface area contributed by atoms with Crippen molar-refractivity contribution in [3.05, 3.63) is 42.0 Å². The summed E-state index contributed by atoms with van der Waals surface area (Å²) in [6.07, 6.45) is 2.75. The van der Waals surface area contributed by atoms with Gasteiger partial charge in [-0.05, 0) is 50.5 Å². The van der Waals surface area contributed by atoms with Crippen molar-refractivity contribution in [2.24, 2.45) is 5.92 Å². The third-order valence-corrected chi connectivity index (χ3v) is 6.12. The van der Waals surface area contributed by atoms with Crippen LogP contribution in [0.4, 0.5) is 11.5 Å². The highest BCUT2D eigenvalue weighted by atomic mass is 32.2. The Kier molecular flexibility index (Phi) is 8.61. The fourth-order valence-corrected chi connectivity index (χ4v) is 4.12. The van der Waals surface area contributed by atoms with Crippen molar-refractivity contribution in [3.63, 3.8) is 0 Å². The number of ketones is 1. The minimum atomic E-state index is -0.182. The van der Waals surface area contributed by atoms with Crippen LogP contribution in [0.15, 0.2) is 41.4 Å². The van der Waals surface area contributed by atoms with E-state index in [4.69, 9.17) is 0 Å². The number of carbonyl (C=O) groups excluding carboxylic acids is 3. The van der Waals surface area contributed by atoms with E-state index < -0.39 is 0 Å². The van der Waals surface area contributed by atoms with Crippen LogP contribution in [0.25, 0.3) is 0 Å². The number of nitrogens with zero attached hydrogens (tertiary/aromatic N) is 3. The third kappa shape index (κ3) is 6.78. The predicted molar refractivity (Wildman–Crippen MR) is 126 cm³/mol. The maximum Gasteiger partial charge on any atom is 0.234 e. The molecule has 170 valence electrons. The molecule has 8 nitrogen and oxygen atoms in total. The number of benzene rings is 1. The zero-order chi connectivity index (χ0) is 22.9. The van der Waals surface area contributed by atoms with Crippen LogP contribution in [0.2, 0.25) is 0 Å². The number of amides is 2. The molecule has 9 heteroatoms. The molecular weight excluding hydrogens is 426 g/mol. The summed E-state index contributed by atoms with van der Waals surface area (Å²) in [6, 6.07) is 10.6. The van der Waals surface area contributed by atoms with Gasteiger partial charge >= 0.3 is 0 Å². The Bertz CT molecular complexity index is 951. The molecule has 3 rings (SSSR count). The zero-order valence-corrected chi connectivity index (χ0v) is 19.3. The molecule has 0 bridgehead atoms. The van der Waals surface area contributed by atoms with Gasteiger partial charge in [-0.1, -0.05) is 30.8 Å². The van der Waals surface area contributed by atoms with E-state index in [1.54, 1.807) is 24.3 Å². The first kappa shape index (κ1) is 23.7. The smallest absolute Gasteiger partial charge is 0.234 e. The SMILES string of the molecule is CCCNC(=O)C1CCCN(c2ccc(SCC(=O)Nc3cccc(C(C)=O)c3)nn2)C1. The van der Waals surface area contributed by atoms with Gasteiger partial charge in [0.15, 0.2) is 11.6 Å². The van der Waals surface area contributed by atoms with Gasteiger partial charge in [-0.25, -0.2) is 0 Å². The van der Waals surface area contributed by atoms with Crippen LogP contribution in [0.1, 0.15) is 43.5 Å². The normalized spacial score (nSPS) is 15.8. The van der Waals surface area contributed by atoms with E-state index in [0.29, 0.717) is 29.4 Å². The first-order valence-electron chi connectivity index (χ1n) is 10.9. The van der Waals surface area contributed by atoms with E-state index in [1.165, 1.54) is 18.7 Å². The van der Waals surface area contributed by atoms with E-state index in [-0.39, 0.29) is 29.3 Å². The first-order chi connectivity index (χ1) is 15.5. The van der Waals surface area contributed by atoms with E-state index in [9.17, 15) is 14.4 Å². The summed E-state index contributed by atoms with van der Waals surface area (Å²) in [5.74, 6) is 0.772. The van der Waals surface area contributed by atoms with Gasteiger partial charge < -0.3 is 15.5 Å². The summed E-state index contributed by atoms with van der Waals surface area (Å²) < 4.78 is 0. The first-order valence-corrected chi connectivity index (χ1v) is 11.8. The van der Waals surface area contributed by atoms with Crippen LogP contribution in [0.3, 0.4) is 0 Å². The fourth-order valence-electron chi connectivity index (χ4n) is 3.50. The minimum absolute atomic E-state index is 0.0312. The van der Waals surface area contributed by atoms with Gasteiger partial charge in [0.1, 0.15) is 5.03 Å². The van der Waals surface area contributed by atoms with E-state index in [1.807, 2.05) is 19.1 Å². The van der Waals surface area contributed by atoms with Crippen molar-refractivity contribution in [2.45, 2.75) is 38.1 Å². The molecule has 1 aliphatic rings. The molecule has 1 aromatic carbocycles. The van der Waals surface area contributed by atoms with Crippen LogP contribution < -0.4 is 15.5 Å². The number of anilines is 2. The van der Waals surface area contributed by atoms with Crippen molar-refractivity contribution in [1.29, 1.82) is 0 Å². The van der Waals surface area contributed by atoms with Crippen LogP contribution in [-0.2, 0) is 9.59 Å². The lowest BCUT2D eigenvalue weighted by atomic mass is 9.97. The molecule has 1 unspecified atom stereocenters. The minimum Gasteiger partial charge on any atom is -0.356 e. The fraction of sp³-hybridized carbons (Fsp3) is 0.435. The number of nitrogens with one attached hydrogen (secondary N) is 2. The molecule has 0 radical (unpaired) electrons. The molecule has 2 heterocycles. The number of hydrogen-bond donors (Lipinski definition) is 2. The monoisotopic (exact) mass is 455 g/mol. The Morgan fingerprint density at radius 2 is 2.03 bits per heavy atom. The number of carbonyl (C=O) groups is 3. The molecule has 2 amide bonds. The van der Waals surface area contributed by atoms with Crippen molar-refractivity contribution in [2.75, 3.05) is 35.6 Å². The third-order valence-electron chi connectivity index (χ3n) is 5.20. The number of thioether (sulfide) groups is 1. The average Bonchev–Trinajstić information content (AvgIpc) is 2.81. The van der Waals surface area contributed by atoms with Gasteiger partial charge in [0.25, 0.3) is 0 Å². The standard InChI is InChI=1S/C23H29N5O3S/c1-3-11-24-23(31)18-7-5-12-28(14-18)20-9-10-22(27-26-20)32-15-21(30)25-19-8-4-6-17(13-19)16(2)29/h4,6,8-10,13,18H,3,5,7,11-12,14-15H2,1-2H3,(H,24,31)(H,25,30). The topological polar surface area (TPSA) is 104 Å². The summed E-state index contributed by atoms with van der Waals surface area (Å²) in [4.78, 5) is 38.1. The molecule has 0 spiro atoms. The van der Waals surface area contributed by atoms with Gasteiger partial charge in [-0.15, -0.1) is 10.2 Å². The van der Waals surface area contributed by atoms with Crippen LogP contribution in [0.5, 0.6) is 0 Å². The Morgan fingerprint density at radius 1 is 1.19 bits per heavy atom. The van der Waals surface area contributed by atoms with Crippen molar-refractivity contribution >= 4 is 40.9 Å². The lowest BCUT2D eigenvalue weighted by Gasteiger charge is -2.32. The lowest BCUT2D eigenvalue weighted by Crippen LogP contribution is -2.43. The summed E-state index contributed by atoms with van der Waals surface area (Å²) in [5, 5.41) is 15.0. The van der Waals surface area contributed by atoms with Crippen LogP contribution >= 0.6 is 11.8 Å². The number of aromatic nitrogens is 2. The maximum absolute atomic E-state index is 12.3. The average molecular weight is 456 g/mol. The molecule has 1 aromatic heterocycles. The van der Waals surface area contributed by atoms with E-state index >= 15 is 0 Å². The molecule has 0 saturated carbocycles. The summed E-state index contributed by atoms with van der Waals surface area (Å²) in [6.45, 7) is 5.72. The van der Waals surface area contributed by atoms with E-state index in [2.05, 4.69) is 25.7 Å². The Balaban J connectivity index is 1.50. The molecule has 2 N–H and O–H groups in total. The second-order valence-corrected chi connectivity index (χ2v) is 8.78. The number of rotatable bonds is 9. The summed E-state index contributed by atoms with van der Waals surface area (Å²) >= 11 is 1.29. The van der Waals surface area contributed by atoms with Gasteiger partial charge in [-0.3, -0.25) is 14.4 Å². The molecule has 32 heavy (non-hydrogen) atoms. The number of hydrogen-bond acceptors (Lipinski definition) is 7. The molecule has 1 aliphatic heterocycles. The highest BCUT2D eigenvalue weighted by Crippen LogP contribution is 2.23. The maximum atomic E-state index is 12.3. The predicted octanol–water partition coefficient (Wildman–Crippen LogP) is 3.15. The molecule has 2 aromatic rings.